The molecule has 11 nitrogen and oxygen atoms in total. The summed E-state index contributed by atoms with van der Waals surface area (Å²) in [6.45, 7) is 5.51. The van der Waals surface area contributed by atoms with Gasteiger partial charge in [-0.2, -0.15) is 13.2 Å². The van der Waals surface area contributed by atoms with E-state index in [9.17, 15) is 36.3 Å². The van der Waals surface area contributed by atoms with E-state index < -0.39 is 28.1 Å². The zero-order valence-electron chi connectivity index (χ0n) is 17.8. The van der Waals surface area contributed by atoms with Crippen molar-refractivity contribution < 1.29 is 50.9 Å². The molecule has 0 spiro atoms. The van der Waals surface area contributed by atoms with Crippen molar-refractivity contribution in [2.75, 3.05) is 48.2 Å². The maximum atomic E-state index is 11.7. The highest BCUT2D eigenvalue weighted by Gasteiger charge is 2.38. The number of halogens is 3. The Hall–Kier alpha value is -3.23. The molecule has 0 atom stereocenters. The monoisotopic (exact) mass is 499 g/mol. The minimum Gasteiger partial charge on any atom is -0.478 e. The summed E-state index contributed by atoms with van der Waals surface area (Å²) < 4.78 is 62.4. The fourth-order valence-corrected chi connectivity index (χ4v) is 3.25. The molecule has 3 N–H and O–H groups in total. The molecule has 1 heterocycles. The number of hydrogen-bond donors (Lipinski definition) is 3. The Morgan fingerprint density at radius 2 is 1.64 bits per heavy atom. The Balaban J connectivity index is 0.000000675. The normalized spacial score (nSPS) is 14.1. The second kappa shape index (κ2) is 11.6. The molecular formula is C18H24F3N3O8S. The first-order valence-corrected chi connectivity index (χ1v) is 11.2. The number of carbonyl (C=O) groups excluding carboxylic acids is 1. The van der Waals surface area contributed by atoms with Crippen molar-refractivity contribution >= 4 is 39.4 Å². The van der Waals surface area contributed by atoms with E-state index in [0.29, 0.717) is 38.5 Å². The van der Waals surface area contributed by atoms with Gasteiger partial charge in [0.15, 0.2) is 0 Å². The van der Waals surface area contributed by atoms with E-state index in [1.165, 1.54) is 19.1 Å². The Labute approximate surface area is 187 Å². The number of hydrogen-bond acceptors (Lipinski definition) is 7. The van der Waals surface area contributed by atoms with Gasteiger partial charge >= 0.3 is 24.2 Å². The van der Waals surface area contributed by atoms with Gasteiger partial charge in [-0.25, -0.2) is 22.8 Å². The minimum absolute atomic E-state index is 0.0354. The van der Waals surface area contributed by atoms with Crippen molar-refractivity contribution in [3.63, 3.8) is 0 Å². The van der Waals surface area contributed by atoms with Gasteiger partial charge < -0.3 is 24.7 Å². The third kappa shape index (κ3) is 8.67. The Morgan fingerprint density at radius 1 is 1.09 bits per heavy atom. The molecule has 2 rings (SSSR count). The Kier molecular flexibility index (Phi) is 9.76. The number of aromatic carboxylic acids is 1. The number of piperazine rings is 1. The van der Waals surface area contributed by atoms with Crippen LogP contribution in [0.2, 0.25) is 0 Å². The number of carboxylic acids is 2. The van der Waals surface area contributed by atoms with Crippen molar-refractivity contribution in [2.24, 2.45) is 0 Å². The van der Waals surface area contributed by atoms with E-state index in [0.717, 1.165) is 0 Å². The predicted octanol–water partition coefficient (Wildman–Crippen LogP) is 2.06. The number of aliphatic carboxylic acids is 1. The first-order chi connectivity index (χ1) is 15.2. The number of benzene rings is 1. The number of amides is 1. The van der Waals surface area contributed by atoms with Crippen LogP contribution >= 0.6 is 0 Å². The molecule has 1 saturated heterocycles. The van der Waals surface area contributed by atoms with Crippen LogP contribution in [0.1, 0.15) is 24.2 Å². The van der Waals surface area contributed by atoms with Crippen molar-refractivity contribution in [1.82, 2.24) is 4.90 Å². The number of rotatable bonds is 6. The van der Waals surface area contributed by atoms with Gasteiger partial charge in [0.2, 0.25) is 10.0 Å². The van der Waals surface area contributed by atoms with Crippen molar-refractivity contribution in [3.8, 4) is 0 Å². The van der Waals surface area contributed by atoms with Gasteiger partial charge in [0, 0.05) is 31.9 Å². The van der Waals surface area contributed by atoms with E-state index in [1.54, 1.807) is 17.9 Å². The van der Waals surface area contributed by atoms with Gasteiger partial charge in [-0.1, -0.05) is 0 Å². The minimum atomic E-state index is -5.08. The molecule has 0 bridgehead atoms. The smallest absolute Gasteiger partial charge is 0.478 e. The summed E-state index contributed by atoms with van der Waals surface area (Å²) in [6, 6.07) is 4.56. The van der Waals surface area contributed by atoms with Gasteiger partial charge in [0.25, 0.3) is 0 Å². The van der Waals surface area contributed by atoms with Gasteiger partial charge in [-0.3, -0.25) is 4.72 Å². The van der Waals surface area contributed by atoms with Gasteiger partial charge in [0.1, 0.15) is 0 Å². The lowest BCUT2D eigenvalue weighted by atomic mass is 10.1. The molecule has 15 heteroatoms. The van der Waals surface area contributed by atoms with E-state index in [-0.39, 0.29) is 23.1 Å². The number of carbonyl (C=O) groups is 3. The molecule has 1 aliphatic heterocycles. The molecule has 1 aromatic rings. The first kappa shape index (κ1) is 27.8. The lowest BCUT2D eigenvalue weighted by molar-refractivity contribution is -0.192. The van der Waals surface area contributed by atoms with Crippen molar-refractivity contribution in [1.29, 1.82) is 0 Å². The highest BCUT2D eigenvalue weighted by Crippen LogP contribution is 2.25. The van der Waals surface area contributed by atoms with Gasteiger partial charge in [-0.15, -0.1) is 0 Å². The fourth-order valence-electron chi connectivity index (χ4n) is 2.60. The van der Waals surface area contributed by atoms with Crippen LogP contribution in [0.4, 0.5) is 29.3 Å². The van der Waals surface area contributed by atoms with Crippen LogP contribution in [0.3, 0.4) is 0 Å². The predicted molar refractivity (Wildman–Crippen MR) is 111 cm³/mol. The molecule has 0 aromatic heterocycles. The fraction of sp³-hybridized carbons (Fsp3) is 0.500. The highest BCUT2D eigenvalue weighted by molar-refractivity contribution is 7.92. The molecule has 33 heavy (non-hydrogen) atoms. The Bertz CT molecular complexity index is 961. The van der Waals surface area contributed by atoms with Crippen LogP contribution in [0.15, 0.2) is 18.2 Å². The molecule has 0 saturated carbocycles. The molecule has 0 unspecified atom stereocenters. The summed E-state index contributed by atoms with van der Waals surface area (Å²) in [5.74, 6) is -4.12. The number of alkyl halides is 3. The summed E-state index contributed by atoms with van der Waals surface area (Å²) in [4.78, 5) is 35.7. The average Bonchev–Trinajstić information content (AvgIpc) is 2.73. The number of nitrogens with one attached hydrogen (secondary N) is 1. The van der Waals surface area contributed by atoms with Crippen LogP contribution in [-0.4, -0.2) is 86.3 Å². The third-order valence-electron chi connectivity index (χ3n) is 4.29. The van der Waals surface area contributed by atoms with Crippen LogP contribution in [0.5, 0.6) is 0 Å². The average molecular weight is 499 g/mol. The zero-order chi connectivity index (χ0) is 25.4. The summed E-state index contributed by atoms with van der Waals surface area (Å²) in [5.41, 5.74) is 0.575. The van der Waals surface area contributed by atoms with Crippen LogP contribution in [0, 0.1) is 0 Å². The van der Waals surface area contributed by atoms with E-state index in [1.807, 2.05) is 4.90 Å². The lowest BCUT2D eigenvalue weighted by Crippen LogP contribution is -2.49. The zero-order valence-corrected chi connectivity index (χ0v) is 18.6. The SMILES string of the molecule is CCOC(=O)N1CCN(c2ccc(NS(=O)(=O)CC)c(C(=O)O)c2)CC1.O=C(O)C(F)(F)F. The summed E-state index contributed by atoms with van der Waals surface area (Å²) in [6.07, 6.45) is -5.44. The molecule has 1 amide bonds. The maximum absolute atomic E-state index is 11.7. The molecule has 0 radical (unpaired) electrons. The first-order valence-electron chi connectivity index (χ1n) is 9.56. The van der Waals surface area contributed by atoms with Crippen LogP contribution < -0.4 is 9.62 Å². The van der Waals surface area contributed by atoms with E-state index in [4.69, 9.17) is 14.6 Å². The highest BCUT2D eigenvalue weighted by atomic mass is 32.2. The van der Waals surface area contributed by atoms with E-state index >= 15 is 0 Å². The standard InChI is InChI=1S/C16H23N3O6S.C2HF3O2/c1-3-25-16(22)19-9-7-18(8-10-19)12-5-6-14(13(11-12)15(20)21)17-26(23,24)4-2;3-2(4,5)1(6)7/h5-6,11,17H,3-4,7-10H2,1-2H3,(H,20,21);(H,6,7). The second-order valence-electron chi connectivity index (χ2n) is 6.52. The van der Waals surface area contributed by atoms with Crippen molar-refractivity contribution in [3.05, 3.63) is 23.8 Å². The van der Waals surface area contributed by atoms with Gasteiger partial charge in [-0.05, 0) is 32.0 Å². The molecule has 186 valence electrons. The van der Waals surface area contributed by atoms with Crippen molar-refractivity contribution in [2.45, 2.75) is 20.0 Å². The molecule has 1 aromatic carbocycles. The number of ether oxygens (including phenoxy) is 1. The molecule has 1 aliphatic rings. The quantitative estimate of drug-likeness (QED) is 0.534. The second-order valence-corrected chi connectivity index (χ2v) is 8.53. The van der Waals surface area contributed by atoms with E-state index in [2.05, 4.69) is 4.72 Å². The molecule has 1 fully saturated rings. The number of anilines is 2. The van der Waals surface area contributed by atoms with Gasteiger partial charge in [0.05, 0.1) is 23.6 Å². The lowest BCUT2D eigenvalue weighted by Gasteiger charge is -2.35. The number of nitrogens with zero attached hydrogens (tertiary/aromatic N) is 2. The van der Waals surface area contributed by atoms with Crippen LogP contribution in [-0.2, 0) is 19.6 Å². The summed E-state index contributed by atoms with van der Waals surface area (Å²) >= 11 is 0. The summed E-state index contributed by atoms with van der Waals surface area (Å²) in [5, 5.41) is 16.5. The topological polar surface area (TPSA) is 154 Å². The molecule has 0 aliphatic carbocycles. The molecular weight excluding hydrogens is 475 g/mol. The maximum Gasteiger partial charge on any atom is 0.490 e. The third-order valence-corrected chi connectivity index (χ3v) is 5.58. The number of carboxylic acid groups (broad SMARTS) is 2. The summed E-state index contributed by atoms with van der Waals surface area (Å²) in [7, 11) is -3.57. The number of sulfonamides is 1. The Morgan fingerprint density at radius 3 is 2.06 bits per heavy atom. The van der Waals surface area contributed by atoms with Crippen LogP contribution in [0.25, 0.3) is 0 Å². The largest absolute Gasteiger partial charge is 0.490 e.